The summed E-state index contributed by atoms with van der Waals surface area (Å²) in [7, 11) is 0. The molecule has 0 spiro atoms. The molecule has 3 atom stereocenters. The maximum Gasteiger partial charge on any atom is 0.410 e. The number of nitriles is 3. The van der Waals surface area contributed by atoms with Crippen LogP contribution in [0.2, 0.25) is 0 Å². The summed E-state index contributed by atoms with van der Waals surface area (Å²) >= 11 is 0. The van der Waals surface area contributed by atoms with Crippen molar-refractivity contribution in [2.24, 2.45) is 0 Å². The van der Waals surface area contributed by atoms with E-state index in [-0.39, 0.29) is 63.3 Å². The van der Waals surface area contributed by atoms with Gasteiger partial charge < -0.3 is 36.2 Å². The number of carbonyl (C=O) groups excluding carboxylic acids is 4. The van der Waals surface area contributed by atoms with Crippen LogP contribution in [-0.2, 0) is 40.6 Å². The minimum absolute atomic E-state index is 0.0309. The van der Waals surface area contributed by atoms with Gasteiger partial charge in [0.2, 0.25) is 0 Å². The Morgan fingerprint density at radius 2 is 0.795 bits per heavy atom. The normalized spacial score (nSPS) is 19.9. The molecule has 5 N–H and O–H groups in total. The van der Waals surface area contributed by atoms with E-state index in [1.54, 1.807) is 87.3 Å². The number of piperidine rings is 6. The van der Waals surface area contributed by atoms with Crippen LogP contribution in [0.4, 0.5) is 4.79 Å². The number of aromatic nitrogens is 6. The third kappa shape index (κ3) is 18.2. The molecule has 580 valence electrons. The van der Waals surface area contributed by atoms with E-state index < -0.39 is 33.8 Å². The maximum absolute atomic E-state index is 13.5. The van der Waals surface area contributed by atoms with E-state index in [9.17, 15) is 49.3 Å². The van der Waals surface area contributed by atoms with Gasteiger partial charge in [-0.3, -0.25) is 71.6 Å². The number of rotatable bonds is 15. The van der Waals surface area contributed by atoms with Gasteiger partial charge in [-0.05, 0) is 219 Å². The molecule has 9 aromatic heterocycles. The highest BCUT2D eigenvalue weighted by molar-refractivity contribution is 5.96. The fourth-order valence-corrected chi connectivity index (χ4v) is 16.4. The third-order valence-electron chi connectivity index (χ3n) is 22.7. The number of carbonyl (C=O) groups is 4. The molecule has 0 aromatic carbocycles. The third-order valence-corrected chi connectivity index (χ3v) is 22.7. The van der Waals surface area contributed by atoms with Crippen molar-refractivity contribution in [1.82, 2.24) is 74.3 Å². The van der Waals surface area contributed by atoms with E-state index in [1.165, 1.54) is 4.40 Å². The molecule has 15 heterocycles. The largest absolute Gasteiger partial charge is 0.444 e. The van der Waals surface area contributed by atoms with Crippen molar-refractivity contribution in [2.75, 3.05) is 78.5 Å². The number of nitrogens with zero attached hydrogens (tertiary/aromatic N) is 13. The van der Waals surface area contributed by atoms with Gasteiger partial charge in [0, 0.05) is 140 Å². The zero-order valence-corrected chi connectivity index (χ0v) is 64.0. The molecule has 0 radical (unpaired) electrons. The molecule has 15 rings (SSSR count). The molecule has 6 aliphatic heterocycles. The second kappa shape index (κ2) is 35.4. The SMILES string of the molecule is CC(C)(C)OC(=O)N1CCCC(NC(=O)c2cc(CN3CCC(C#N)(c4ccccn4)CC3)c3ccccn3c2=O)C1.N#CC1(c2ccccn2)CCN(Cc2cc(C(=O)NC3CCCNC3)c(=O)n3ccccc23)CC1.N#CC1(c2ccccn2)CCN(Cc2cc(C(=O)NC3CCCNC3)c(=O)n3ccccc23)CC1. The zero-order chi connectivity index (χ0) is 78.4. The summed E-state index contributed by atoms with van der Waals surface area (Å²) in [5.41, 5.74) is 4.57. The van der Waals surface area contributed by atoms with E-state index in [4.69, 9.17) is 4.74 Å². The quantitative estimate of drug-likeness (QED) is 0.0643. The number of amides is 4. The maximum atomic E-state index is 13.5. The van der Waals surface area contributed by atoms with Crippen molar-refractivity contribution < 1.29 is 23.9 Å². The van der Waals surface area contributed by atoms with Crippen LogP contribution in [0, 0.1) is 34.0 Å². The first-order valence-electron chi connectivity index (χ1n) is 39.1. The second-order valence-corrected chi connectivity index (χ2v) is 31.4. The lowest BCUT2D eigenvalue weighted by molar-refractivity contribution is 0.0185. The topological polar surface area (TPSA) is 325 Å². The van der Waals surface area contributed by atoms with Crippen LogP contribution in [0.25, 0.3) is 16.6 Å². The van der Waals surface area contributed by atoms with Gasteiger partial charge in [0.15, 0.2) is 0 Å². The number of nitrogens with one attached hydrogen (secondary N) is 5. The van der Waals surface area contributed by atoms with Crippen molar-refractivity contribution >= 4 is 40.4 Å². The predicted molar refractivity (Wildman–Crippen MR) is 424 cm³/mol. The first-order chi connectivity index (χ1) is 54.3. The van der Waals surface area contributed by atoms with Crippen LogP contribution in [-0.4, -0.2) is 174 Å². The molecule has 3 unspecified atom stereocenters. The first-order valence-corrected chi connectivity index (χ1v) is 39.1. The van der Waals surface area contributed by atoms with Crippen LogP contribution in [0.15, 0.2) is 179 Å². The van der Waals surface area contributed by atoms with Gasteiger partial charge in [-0.15, -0.1) is 0 Å². The Labute approximate surface area is 651 Å². The summed E-state index contributed by atoms with van der Waals surface area (Å²) in [6.45, 7) is 15.8. The first kappa shape index (κ1) is 78.8. The number of ether oxygens (including phenoxy) is 1. The van der Waals surface area contributed by atoms with Crippen molar-refractivity contribution in [3.05, 3.63) is 246 Å². The molecule has 9 aromatic rings. The lowest BCUT2D eigenvalue weighted by Gasteiger charge is -2.37. The number of hydrogen-bond donors (Lipinski definition) is 5. The zero-order valence-electron chi connectivity index (χ0n) is 64.0. The summed E-state index contributed by atoms with van der Waals surface area (Å²) in [6, 6.07) is 46.5. The van der Waals surface area contributed by atoms with Gasteiger partial charge in [-0.1, -0.05) is 36.4 Å². The Morgan fingerprint density at radius 1 is 0.464 bits per heavy atom. The van der Waals surface area contributed by atoms with Crippen LogP contribution < -0.4 is 43.3 Å². The number of pyridine rings is 9. The van der Waals surface area contributed by atoms with Crippen LogP contribution >= 0.6 is 0 Å². The van der Waals surface area contributed by atoms with Crippen molar-refractivity contribution in [3.8, 4) is 18.2 Å². The molecule has 4 amide bonds. The molecular formula is C86H98N18O8. The molecule has 0 saturated carbocycles. The van der Waals surface area contributed by atoms with E-state index in [0.29, 0.717) is 90.8 Å². The summed E-state index contributed by atoms with van der Waals surface area (Å²) in [5, 5.41) is 45.7. The molecule has 0 bridgehead atoms. The summed E-state index contributed by atoms with van der Waals surface area (Å²) in [6.07, 6.45) is 19.2. The van der Waals surface area contributed by atoms with Crippen LogP contribution in [0.5, 0.6) is 0 Å². The van der Waals surface area contributed by atoms with Gasteiger partial charge in [0.25, 0.3) is 34.4 Å². The second-order valence-electron chi connectivity index (χ2n) is 31.4. The fraction of sp³-hybridized carbons (Fsp3) is 0.430. The Morgan fingerprint density at radius 3 is 1.10 bits per heavy atom. The van der Waals surface area contributed by atoms with E-state index in [0.717, 1.165) is 135 Å². The minimum atomic E-state index is -0.619. The highest BCUT2D eigenvalue weighted by atomic mass is 16.6. The Hall–Kier alpha value is -11.3. The number of hydrogen-bond acceptors (Lipinski definition) is 19. The van der Waals surface area contributed by atoms with Crippen molar-refractivity contribution in [2.45, 2.75) is 157 Å². The Bertz CT molecular complexity index is 4960. The van der Waals surface area contributed by atoms with Gasteiger partial charge in [-0.25, -0.2) is 4.79 Å². The smallest absolute Gasteiger partial charge is 0.410 e. The Balaban J connectivity index is 0.000000148. The average molecular weight is 1510 g/mol. The van der Waals surface area contributed by atoms with E-state index >= 15 is 0 Å². The lowest BCUT2D eigenvalue weighted by Crippen LogP contribution is -2.51. The van der Waals surface area contributed by atoms with Crippen molar-refractivity contribution in [1.29, 1.82) is 15.8 Å². The molecule has 6 saturated heterocycles. The summed E-state index contributed by atoms with van der Waals surface area (Å²) in [4.78, 5) is 114. The number of fused-ring (bicyclic) bond motifs is 3. The molecule has 6 fully saturated rings. The summed E-state index contributed by atoms with van der Waals surface area (Å²) < 4.78 is 10.2. The fourth-order valence-electron chi connectivity index (χ4n) is 16.4. The van der Waals surface area contributed by atoms with Gasteiger partial charge in [-0.2, -0.15) is 15.8 Å². The standard InChI is InChI=1S/C32H38N6O4.2C27H30N6O2/c1-31(2,3)42-30(41)37-15-8-9-24(21-37)35-28(39)25-19-23(26-10-5-7-16-38(26)29(25)40)20-36-17-12-32(22-33,13-18-36)27-11-4-6-14-34-27;2*28-19-27(24-8-1-3-12-30-24)9-14-32(15-10-27)18-20-16-22(25(34)31-21-6-5-11-29-17-21)26(35)33-13-4-2-7-23(20)33/h4-7,10-11,14,16,19,24H,8-9,12-13,15,17-18,20-21H2,1-3H3,(H,35,39);2*1-4,7-8,12-13,16,21,29H,5-6,9-11,14-15,17-18H2,(H,31,34). The van der Waals surface area contributed by atoms with Gasteiger partial charge in [0.05, 0.1) is 51.8 Å². The van der Waals surface area contributed by atoms with Crippen molar-refractivity contribution in [3.63, 3.8) is 0 Å². The van der Waals surface area contributed by atoms with Gasteiger partial charge in [0.1, 0.15) is 38.5 Å². The van der Waals surface area contributed by atoms with E-state index in [1.807, 2.05) is 112 Å². The van der Waals surface area contributed by atoms with Crippen LogP contribution in [0.3, 0.4) is 0 Å². The Kier molecular flexibility index (Phi) is 24.9. The monoisotopic (exact) mass is 1510 g/mol. The average Bonchev–Trinajstić information content (AvgIpc) is 0.769. The highest BCUT2D eigenvalue weighted by Crippen LogP contribution is 2.38. The molecule has 0 aliphatic carbocycles. The predicted octanol–water partition coefficient (Wildman–Crippen LogP) is 8.35. The minimum Gasteiger partial charge on any atom is -0.444 e. The van der Waals surface area contributed by atoms with E-state index in [2.05, 4.69) is 74.4 Å². The molecule has 6 aliphatic rings. The molecular weight excluding hydrogens is 1410 g/mol. The van der Waals surface area contributed by atoms with Gasteiger partial charge >= 0.3 is 6.09 Å². The highest BCUT2D eigenvalue weighted by Gasteiger charge is 2.41. The molecule has 26 nitrogen and oxygen atoms in total. The molecule has 26 heteroatoms. The van der Waals surface area contributed by atoms with Crippen LogP contribution in [0.1, 0.15) is 163 Å². The number of likely N-dealkylation sites (tertiary alicyclic amines) is 4. The lowest BCUT2D eigenvalue weighted by atomic mass is 9.76. The molecule has 112 heavy (non-hydrogen) atoms. The summed E-state index contributed by atoms with van der Waals surface area (Å²) in [5.74, 6) is -1.09.